The van der Waals surface area contributed by atoms with Gasteiger partial charge in [-0.2, -0.15) is 0 Å². The lowest BCUT2D eigenvalue weighted by Gasteiger charge is -2.38. The van der Waals surface area contributed by atoms with E-state index in [0.29, 0.717) is 13.0 Å². The number of carboxylic acid groups (broad SMARTS) is 1. The molecule has 1 aromatic rings. The number of rotatable bonds is 5. The minimum absolute atomic E-state index is 0.0671. The number of phenolic OH excluding ortho intramolecular Hbond substituents is 1. The summed E-state index contributed by atoms with van der Waals surface area (Å²) in [5.41, 5.74) is 6.18. The van der Waals surface area contributed by atoms with Gasteiger partial charge in [-0.1, -0.05) is 6.07 Å². The summed E-state index contributed by atoms with van der Waals surface area (Å²) in [5.74, 6) is -1.83. The molecule has 1 fully saturated rings. The number of benzene rings is 1. The fourth-order valence-corrected chi connectivity index (χ4v) is 2.26. The number of ether oxygens (including phenoxy) is 2. The van der Waals surface area contributed by atoms with Crippen LogP contribution in [0.2, 0.25) is 0 Å². The summed E-state index contributed by atoms with van der Waals surface area (Å²) in [6.45, 7) is 0.397. The number of aliphatic carboxylic acids is 1. The van der Waals surface area contributed by atoms with Crippen molar-refractivity contribution in [3.8, 4) is 11.5 Å². The first-order chi connectivity index (χ1) is 10.8. The van der Waals surface area contributed by atoms with Crippen molar-refractivity contribution in [2.45, 2.75) is 37.1 Å². The van der Waals surface area contributed by atoms with Gasteiger partial charge < -0.3 is 40.7 Å². The quantitative estimate of drug-likeness (QED) is 0.364. The fraction of sp³-hybridized carbons (Fsp3) is 0.500. The molecule has 1 saturated heterocycles. The van der Waals surface area contributed by atoms with Crippen LogP contribution >= 0.6 is 0 Å². The van der Waals surface area contributed by atoms with Crippen LogP contribution in [-0.2, 0) is 16.0 Å². The first-order valence-electron chi connectivity index (χ1n) is 6.96. The number of aromatic hydroxyl groups is 1. The summed E-state index contributed by atoms with van der Waals surface area (Å²) >= 11 is 0. The molecule has 0 saturated carbocycles. The van der Waals surface area contributed by atoms with Gasteiger partial charge >= 0.3 is 5.97 Å². The van der Waals surface area contributed by atoms with Crippen LogP contribution in [0.3, 0.4) is 0 Å². The number of hydrogen-bond acceptors (Lipinski definition) is 8. The van der Waals surface area contributed by atoms with Gasteiger partial charge in [0.05, 0.1) is 0 Å². The molecule has 128 valence electrons. The van der Waals surface area contributed by atoms with Crippen LogP contribution in [-0.4, -0.2) is 68.8 Å². The van der Waals surface area contributed by atoms with Crippen LogP contribution in [0.5, 0.6) is 11.5 Å². The second-order valence-electron chi connectivity index (χ2n) is 5.19. The number of phenols is 1. The van der Waals surface area contributed by atoms with Gasteiger partial charge in [-0.25, -0.2) is 4.79 Å². The Morgan fingerprint density at radius 2 is 1.91 bits per heavy atom. The molecule has 0 aromatic heterocycles. The van der Waals surface area contributed by atoms with Crippen LogP contribution in [0, 0.1) is 0 Å². The summed E-state index contributed by atoms with van der Waals surface area (Å²) < 4.78 is 10.2. The highest BCUT2D eigenvalue weighted by Crippen LogP contribution is 2.31. The molecule has 0 spiro atoms. The largest absolute Gasteiger partial charge is 0.504 e. The van der Waals surface area contributed by atoms with Crippen molar-refractivity contribution >= 4 is 5.97 Å². The second kappa shape index (κ2) is 7.11. The molecule has 1 heterocycles. The molecular formula is C14H19NO8. The third-order valence-electron chi connectivity index (χ3n) is 3.51. The van der Waals surface area contributed by atoms with E-state index >= 15 is 0 Å². The molecule has 2 rings (SSSR count). The standard InChI is InChI=1S/C14H19NO8/c15-4-3-6-1-2-8(7(16)5-6)22-14-11(19)9(17)10(18)12(23-14)13(20)21/h1-2,5,9-12,14,16-19H,3-4,15H2,(H,20,21)/t9?,10-,11?,12?,14-/m1/s1. The lowest BCUT2D eigenvalue weighted by Crippen LogP contribution is -2.61. The maximum Gasteiger partial charge on any atom is 0.335 e. The van der Waals surface area contributed by atoms with Crippen molar-refractivity contribution in [3.05, 3.63) is 23.8 Å². The molecule has 1 aliphatic rings. The van der Waals surface area contributed by atoms with E-state index in [1.165, 1.54) is 12.1 Å². The summed E-state index contributed by atoms with van der Waals surface area (Å²) in [5, 5.41) is 48.0. The van der Waals surface area contributed by atoms with Crippen LogP contribution in [0.4, 0.5) is 0 Å². The Labute approximate surface area is 131 Å². The van der Waals surface area contributed by atoms with Crippen LogP contribution < -0.4 is 10.5 Å². The molecule has 5 atom stereocenters. The highest BCUT2D eigenvalue weighted by Gasteiger charge is 2.48. The van der Waals surface area contributed by atoms with E-state index in [-0.39, 0.29) is 11.5 Å². The minimum Gasteiger partial charge on any atom is -0.504 e. The lowest BCUT2D eigenvalue weighted by molar-refractivity contribution is -0.271. The van der Waals surface area contributed by atoms with Crippen molar-refractivity contribution in [2.75, 3.05) is 6.54 Å². The van der Waals surface area contributed by atoms with Gasteiger partial charge in [0, 0.05) is 0 Å². The fourth-order valence-electron chi connectivity index (χ4n) is 2.26. The monoisotopic (exact) mass is 329 g/mol. The van der Waals surface area contributed by atoms with Crippen molar-refractivity contribution in [2.24, 2.45) is 5.73 Å². The van der Waals surface area contributed by atoms with Crippen molar-refractivity contribution in [3.63, 3.8) is 0 Å². The summed E-state index contributed by atoms with van der Waals surface area (Å²) in [7, 11) is 0. The van der Waals surface area contributed by atoms with Crippen LogP contribution in [0.25, 0.3) is 0 Å². The van der Waals surface area contributed by atoms with E-state index in [0.717, 1.165) is 5.56 Å². The Hall–Kier alpha value is -1.91. The minimum atomic E-state index is -1.80. The molecule has 9 nitrogen and oxygen atoms in total. The van der Waals surface area contributed by atoms with Gasteiger partial charge in [0.1, 0.15) is 18.3 Å². The summed E-state index contributed by atoms with van der Waals surface area (Å²) in [6, 6.07) is 4.46. The normalized spacial score (nSPS) is 30.9. The molecule has 0 bridgehead atoms. The second-order valence-corrected chi connectivity index (χ2v) is 5.19. The average Bonchev–Trinajstić information content (AvgIpc) is 2.50. The van der Waals surface area contributed by atoms with Crippen molar-refractivity contribution < 1.29 is 39.8 Å². The van der Waals surface area contributed by atoms with E-state index in [1.807, 2.05) is 0 Å². The van der Waals surface area contributed by atoms with Gasteiger partial charge in [-0.05, 0) is 30.7 Å². The van der Waals surface area contributed by atoms with Gasteiger partial charge in [-0.15, -0.1) is 0 Å². The van der Waals surface area contributed by atoms with E-state index < -0.39 is 36.7 Å². The zero-order valence-corrected chi connectivity index (χ0v) is 12.1. The number of aliphatic hydroxyl groups is 3. The van der Waals surface area contributed by atoms with Crippen molar-refractivity contribution in [1.29, 1.82) is 0 Å². The van der Waals surface area contributed by atoms with Gasteiger partial charge in [-0.3, -0.25) is 0 Å². The highest BCUT2D eigenvalue weighted by atomic mass is 16.7. The maximum atomic E-state index is 11.0. The third kappa shape index (κ3) is 3.71. The first-order valence-corrected chi connectivity index (χ1v) is 6.96. The zero-order valence-electron chi connectivity index (χ0n) is 12.1. The highest BCUT2D eigenvalue weighted by molar-refractivity contribution is 5.73. The Morgan fingerprint density at radius 1 is 1.22 bits per heavy atom. The molecule has 7 N–H and O–H groups in total. The SMILES string of the molecule is NCCc1ccc(O[C@@H]2OC(C(=O)O)[C@H](O)C(O)C2O)c(O)c1. The van der Waals surface area contributed by atoms with Gasteiger partial charge in [0.2, 0.25) is 6.29 Å². The Balaban J connectivity index is 2.16. The Bertz CT molecular complexity index is 566. The Morgan fingerprint density at radius 3 is 2.48 bits per heavy atom. The molecule has 0 aliphatic carbocycles. The lowest BCUT2D eigenvalue weighted by atomic mass is 9.99. The summed E-state index contributed by atoms with van der Waals surface area (Å²) in [6.07, 6.45) is -8.06. The molecule has 0 radical (unpaired) electrons. The van der Waals surface area contributed by atoms with E-state index in [9.17, 15) is 25.2 Å². The number of aliphatic hydroxyl groups excluding tert-OH is 3. The predicted molar refractivity (Wildman–Crippen MR) is 75.8 cm³/mol. The Kier molecular flexibility index (Phi) is 5.39. The molecule has 9 heteroatoms. The molecule has 23 heavy (non-hydrogen) atoms. The number of hydrogen-bond donors (Lipinski definition) is 6. The van der Waals surface area contributed by atoms with Gasteiger partial charge in [0.15, 0.2) is 17.6 Å². The smallest absolute Gasteiger partial charge is 0.335 e. The molecule has 3 unspecified atom stereocenters. The van der Waals surface area contributed by atoms with Crippen LogP contribution in [0.15, 0.2) is 18.2 Å². The number of nitrogens with two attached hydrogens (primary N) is 1. The summed E-state index contributed by atoms with van der Waals surface area (Å²) in [4.78, 5) is 11.0. The average molecular weight is 329 g/mol. The molecule has 0 amide bonds. The van der Waals surface area contributed by atoms with Crippen LogP contribution in [0.1, 0.15) is 5.56 Å². The predicted octanol–water partition coefficient (Wildman–Crippen LogP) is -1.84. The molecular weight excluding hydrogens is 310 g/mol. The van der Waals surface area contributed by atoms with Gasteiger partial charge in [0.25, 0.3) is 0 Å². The van der Waals surface area contributed by atoms with E-state index in [1.54, 1.807) is 6.07 Å². The number of carboxylic acids is 1. The van der Waals surface area contributed by atoms with E-state index in [2.05, 4.69) is 0 Å². The zero-order chi connectivity index (χ0) is 17.1. The van der Waals surface area contributed by atoms with Crippen molar-refractivity contribution in [1.82, 2.24) is 0 Å². The topological polar surface area (TPSA) is 163 Å². The van der Waals surface area contributed by atoms with E-state index in [4.69, 9.17) is 20.3 Å². The molecule has 1 aromatic carbocycles. The first kappa shape index (κ1) is 17.4. The molecule has 1 aliphatic heterocycles. The number of carbonyl (C=O) groups is 1. The maximum absolute atomic E-state index is 11.0. The third-order valence-corrected chi connectivity index (χ3v) is 3.51.